The second-order valence-corrected chi connectivity index (χ2v) is 5.55. The number of esters is 1. The monoisotopic (exact) mass is 338 g/mol. The van der Waals surface area contributed by atoms with Crippen molar-refractivity contribution in [3.8, 4) is 11.5 Å². The molecule has 0 N–H and O–H groups in total. The average Bonchev–Trinajstić information content (AvgIpc) is 2.53. The number of fused-ring (bicyclic) bond motifs is 1. The molecule has 0 unspecified atom stereocenters. The molecule has 0 aromatic heterocycles. The number of hydrogen-bond donors (Lipinski definition) is 0. The smallest absolute Gasteiger partial charge is 0.351 e. The second kappa shape index (κ2) is 6.46. The first-order chi connectivity index (χ1) is 10.6. The minimum absolute atomic E-state index is 0.0519. The summed E-state index contributed by atoms with van der Waals surface area (Å²) in [6, 6.07) is 12.2. The number of ether oxygens (including phenoxy) is 3. The SMILES string of the molecule is O=C(OCc1ccc(Cl)cc1Cl)[C@H]1COc2ccccc2O1. The van der Waals surface area contributed by atoms with E-state index in [2.05, 4.69) is 0 Å². The molecule has 0 saturated heterocycles. The Morgan fingerprint density at radius 1 is 1.18 bits per heavy atom. The molecule has 2 aromatic carbocycles. The van der Waals surface area contributed by atoms with Gasteiger partial charge in [0.1, 0.15) is 13.2 Å². The maximum Gasteiger partial charge on any atom is 0.351 e. The van der Waals surface area contributed by atoms with Gasteiger partial charge >= 0.3 is 5.97 Å². The van der Waals surface area contributed by atoms with E-state index in [4.69, 9.17) is 37.4 Å². The molecule has 3 rings (SSSR count). The molecule has 0 radical (unpaired) electrons. The average molecular weight is 339 g/mol. The lowest BCUT2D eigenvalue weighted by Crippen LogP contribution is -2.37. The van der Waals surface area contributed by atoms with Crippen LogP contribution >= 0.6 is 23.2 Å². The molecule has 1 aliphatic rings. The number of carbonyl (C=O) groups is 1. The van der Waals surface area contributed by atoms with Gasteiger partial charge in [-0.3, -0.25) is 0 Å². The largest absolute Gasteiger partial charge is 0.485 e. The summed E-state index contributed by atoms with van der Waals surface area (Å²) in [6.07, 6.45) is -0.791. The Kier molecular flexibility index (Phi) is 4.41. The van der Waals surface area contributed by atoms with E-state index in [1.165, 1.54) is 0 Å². The van der Waals surface area contributed by atoms with Crippen molar-refractivity contribution in [1.82, 2.24) is 0 Å². The molecule has 6 heteroatoms. The molecule has 0 fully saturated rings. The van der Waals surface area contributed by atoms with Gasteiger partial charge in [0.25, 0.3) is 0 Å². The Morgan fingerprint density at radius 2 is 1.95 bits per heavy atom. The minimum atomic E-state index is -0.791. The fourth-order valence-electron chi connectivity index (χ4n) is 2.02. The van der Waals surface area contributed by atoms with Gasteiger partial charge in [0.15, 0.2) is 11.5 Å². The quantitative estimate of drug-likeness (QED) is 0.796. The first-order valence-electron chi connectivity index (χ1n) is 6.62. The van der Waals surface area contributed by atoms with Crippen LogP contribution in [0, 0.1) is 0 Å². The van der Waals surface area contributed by atoms with Crippen molar-refractivity contribution in [2.45, 2.75) is 12.7 Å². The topological polar surface area (TPSA) is 44.8 Å². The minimum Gasteiger partial charge on any atom is -0.485 e. The third-order valence-electron chi connectivity index (χ3n) is 3.16. The van der Waals surface area contributed by atoms with E-state index >= 15 is 0 Å². The van der Waals surface area contributed by atoms with Gasteiger partial charge in [0.05, 0.1) is 0 Å². The highest BCUT2D eigenvalue weighted by atomic mass is 35.5. The maximum atomic E-state index is 12.1. The second-order valence-electron chi connectivity index (χ2n) is 4.71. The highest BCUT2D eigenvalue weighted by molar-refractivity contribution is 6.35. The van der Waals surface area contributed by atoms with Gasteiger partial charge in [-0.2, -0.15) is 0 Å². The Labute approximate surface area is 137 Å². The number of rotatable bonds is 3. The predicted molar refractivity (Wildman–Crippen MR) is 82.6 cm³/mol. The van der Waals surface area contributed by atoms with Crippen molar-refractivity contribution in [2.24, 2.45) is 0 Å². The molecule has 4 nitrogen and oxygen atoms in total. The maximum absolute atomic E-state index is 12.1. The lowest BCUT2D eigenvalue weighted by atomic mass is 10.2. The number of carbonyl (C=O) groups excluding carboxylic acids is 1. The first-order valence-corrected chi connectivity index (χ1v) is 7.38. The molecular weight excluding hydrogens is 327 g/mol. The molecule has 1 aliphatic heterocycles. The summed E-state index contributed by atoms with van der Waals surface area (Å²) in [4.78, 5) is 12.1. The van der Waals surface area contributed by atoms with E-state index in [0.717, 1.165) is 0 Å². The highest BCUT2D eigenvalue weighted by Crippen LogP contribution is 2.31. The molecule has 1 atom stereocenters. The summed E-state index contributed by atoms with van der Waals surface area (Å²) in [6.45, 7) is 0.167. The van der Waals surface area contributed by atoms with Crippen molar-refractivity contribution < 1.29 is 19.0 Å². The summed E-state index contributed by atoms with van der Waals surface area (Å²) < 4.78 is 16.3. The van der Waals surface area contributed by atoms with Gasteiger partial charge in [-0.1, -0.05) is 41.4 Å². The van der Waals surface area contributed by atoms with E-state index < -0.39 is 12.1 Å². The summed E-state index contributed by atoms with van der Waals surface area (Å²) in [5.74, 6) is 0.646. The molecule has 0 bridgehead atoms. The van der Waals surface area contributed by atoms with E-state index in [1.807, 2.05) is 12.1 Å². The summed E-state index contributed by atoms with van der Waals surface area (Å²) in [5.41, 5.74) is 0.677. The Hall–Kier alpha value is -1.91. The van der Waals surface area contributed by atoms with E-state index in [-0.39, 0.29) is 13.2 Å². The van der Waals surface area contributed by atoms with Crippen LogP contribution in [0.25, 0.3) is 0 Å². The lowest BCUT2D eigenvalue weighted by Gasteiger charge is -2.25. The molecule has 0 spiro atoms. The Morgan fingerprint density at radius 3 is 2.73 bits per heavy atom. The van der Waals surface area contributed by atoms with Crippen molar-refractivity contribution >= 4 is 29.2 Å². The van der Waals surface area contributed by atoms with E-state index in [1.54, 1.807) is 30.3 Å². The van der Waals surface area contributed by atoms with E-state index in [0.29, 0.717) is 27.1 Å². The van der Waals surface area contributed by atoms with Crippen molar-refractivity contribution in [2.75, 3.05) is 6.61 Å². The molecule has 114 valence electrons. The summed E-state index contributed by atoms with van der Waals surface area (Å²) in [7, 11) is 0. The normalized spacial score (nSPS) is 16.2. The molecule has 1 heterocycles. The van der Waals surface area contributed by atoms with Crippen molar-refractivity contribution in [3.05, 3.63) is 58.1 Å². The number of para-hydroxylation sites is 2. The van der Waals surface area contributed by atoms with Crippen LogP contribution in [0.4, 0.5) is 0 Å². The standard InChI is InChI=1S/C16H12Cl2O4/c17-11-6-5-10(12(18)7-11)8-21-16(19)15-9-20-13-3-1-2-4-14(13)22-15/h1-7,15H,8-9H2/t15-/m1/s1. The Balaban J connectivity index is 1.61. The van der Waals surface area contributed by atoms with Crippen LogP contribution in [0.5, 0.6) is 11.5 Å². The van der Waals surface area contributed by atoms with Crippen LogP contribution in [-0.2, 0) is 16.1 Å². The molecular formula is C16H12Cl2O4. The predicted octanol–water partition coefficient (Wildman–Crippen LogP) is 3.88. The zero-order valence-corrected chi connectivity index (χ0v) is 12.9. The van der Waals surface area contributed by atoms with Gasteiger partial charge < -0.3 is 14.2 Å². The van der Waals surface area contributed by atoms with Crippen LogP contribution < -0.4 is 9.47 Å². The van der Waals surface area contributed by atoms with Crippen molar-refractivity contribution in [1.29, 1.82) is 0 Å². The van der Waals surface area contributed by atoms with Crippen LogP contribution in [-0.4, -0.2) is 18.7 Å². The van der Waals surface area contributed by atoms with E-state index in [9.17, 15) is 4.79 Å². The van der Waals surface area contributed by atoms with Gasteiger partial charge in [-0.15, -0.1) is 0 Å². The zero-order chi connectivity index (χ0) is 15.5. The number of hydrogen-bond acceptors (Lipinski definition) is 4. The van der Waals surface area contributed by atoms with Gasteiger partial charge in [0.2, 0.25) is 6.10 Å². The third-order valence-corrected chi connectivity index (χ3v) is 3.74. The van der Waals surface area contributed by atoms with Crippen LogP contribution in [0.15, 0.2) is 42.5 Å². The first kappa shape index (κ1) is 15.0. The van der Waals surface area contributed by atoms with Gasteiger partial charge in [-0.25, -0.2) is 4.79 Å². The highest BCUT2D eigenvalue weighted by Gasteiger charge is 2.28. The van der Waals surface area contributed by atoms with Crippen LogP contribution in [0.3, 0.4) is 0 Å². The molecule has 0 saturated carbocycles. The lowest BCUT2D eigenvalue weighted by molar-refractivity contribution is -0.155. The third kappa shape index (κ3) is 3.29. The molecule has 0 aliphatic carbocycles. The fourth-order valence-corrected chi connectivity index (χ4v) is 2.48. The number of halogens is 2. The van der Waals surface area contributed by atoms with Crippen LogP contribution in [0.2, 0.25) is 10.0 Å². The molecule has 0 amide bonds. The summed E-state index contributed by atoms with van der Waals surface area (Å²) in [5, 5.41) is 0.979. The van der Waals surface area contributed by atoms with Crippen molar-refractivity contribution in [3.63, 3.8) is 0 Å². The fraction of sp³-hybridized carbons (Fsp3) is 0.188. The van der Waals surface area contributed by atoms with Gasteiger partial charge in [-0.05, 0) is 24.3 Å². The zero-order valence-electron chi connectivity index (χ0n) is 11.4. The summed E-state index contributed by atoms with van der Waals surface area (Å²) >= 11 is 11.9. The van der Waals surface area contributed by atoms with Gasteiger partial charge in [0, 0.05) is 15.6 Å². The number of benzene rings is 2. The molecule has 2 aromatic rings. The Bertz CT molecular complexity index is 702. The van der Waals surface area contributed by atoms with Crippen LogP contribution in [0.1, 0.15) is 5.56 Å². The molecule has 22 heavy (non-hydrogen) atoms.